The van der Waals surface area contributed by atoms with Crippen molar-refractivity contribution in [2.24, 2.45) is 4.99 Å². The standard InChI is InChI=1S/C24H23Cl2N.C24H21Cl2N.B.Na.H/c2*1-16(17-7-3-2-4-8-17)27-24-14-12-19(20-9-5-6-10-21(20)24)18-11-13-22(25)23(26)15-18;;;/h2-11,13,15-16,19,24,27H,12,14H2,1H3;2-11,13,15-16,19H,12,14H2,1H3;;;/q;;;+1;-1/t16-,19+,24-;16-,19+;;;/m11.../s1. The number of nitrogens with one attached hydrogen (secondary N) is 1. The number of benzene rings is 6. The molecule has 0 saturated heterocycles. The van der Waals surface area contributed by atoms with E-state index >= 15 is 0 Å². The van der Waals surface area contributed by atoms with Crippen molar-refractivity contribution >= 4 is 60.5 Å². The molecule has 0 fully saturated rings. The van der Waals surface area contributed by atoms with E-state index in [0.29, 0.717) is 44.0 Å². The Morgan fingerprint density at radius 3 is 1.64 bits per heavy atom. The predicted molar refractivity (Wildman–Crippen MR) is 237 cm³/mol. The van der Waals surface area contributed by atoms with Crippen LogP contribution in [0.2, 0.25) is 20.1 Å². The normalized spacial score (nSPS) is 18.8. The first-order valence-corrected chi connectivity index (χ1v) is 20.3. The molecule has 6 aromatic carbocycles. The molecule has 0 heterocycles. The maximum Gasteiger partial charge on any atom is 1.00 e. The quantitative estimate of drug-likeness (QED) is 0.159. The Kier molecular flexibility index (Phi) is 16.4. The largest absolute Gasteiger partial charge is 1.00 e. The third-order valence-corrected chi connectivity index (χ3v) is 12.4. The van der Waals surface area contributed by atoms with E-state index in [0.717, 1.165) is 25.7 Å². The van der Waals surface area contributed by atoms with Crippen LogP contribution in [0.4, 0.5) is 0 Å². The molecule has 6 aromatic rings. The van der Waals surface area contributed by atoms with Crippen molar-refractivity contribution in [1.29, 1.82) is 0 Å². The van der Waals surface area contributed by atoms with Crippen LogP contribution >= 0.6 is 46.4 Å². The summed E-state index contributed by atoms with van der Waals surface area (Å²) in [6.07, 6.45) is 4.17. The van der Waals surface area contributed by atoms with Crippen molar-refractivity contribution < 1.29 is 31.0 Å². The zero-order chi connectivity index (χ0) is 37.6. The van der Waals surface area contributed by atoms with Crippen LogP contribution in [0.1, 0.15) is 115 Å². The van der Waals surface area contributed by atoms with Crippen LogP contribution in [0, 0.1) is 0 Å². The van der Waals surface area contributed by atoms with Gasteiger partial charge in [0.2, 0.25) is 0 Å². The van der Waals surface area contributed by atoms with Crippen molar-refractivity contribution in [2.75, 3.05) is 0 Å². The zero-order valence-corrected chi connectivity index (χ0v) is 37.1. The summed E-state index contributed by atoms with van der Waals surface area (Å²) in [6, 6.07) is 51.3. The number of nitrogens with zero attached hydrogens (tertiary/aromatic N) is 1. The summed E-state index contributed by atoms with van der Waals surface area (Å²) in [5.74, 6) is 0.683. The third kappa shape index (κ3) is 10.4. The Morgan fingerprint density at radius 1 is 0.554 bits per heavy atom. The number of halogens is 4. The minimum Gasteiger partial charge on any atom is -1.00 e. The van der Waals surface area contributed by atoms with E-state index in [1.54, 1.807) is 0 Å². The predicted octanol–water partition coefficient (Wildman–Crippen LogP) is 11.5. The molecule has 0 amide bonds. The molecule has 0 spiro atoms. The van der Waals surface area contributed by atoms with Gasteiger partial charge in [0.1, 0.15) is 0 Å². The minimum atomic E-state index is 0. The van der Waals surface area contributed by atoms with Crippen LogP contribution in [-0.4, -0.2) is 14.1 Å². The number of hydrogen-bond donors (Lipinski definition) is 1. The van der Waals surface area contributed by atoms with Crippen LogP contribution in [-0.2, 0) is 0 Å². The van der Waals surface area contributed by atoms with Gasteiger partial charge in [-0.25, -0.2) is 0 Å². The molecule has 8 heteroatoms. The van der Waals surface area contributed by atoms with Gasteiger partial charge < -0.3 is 6.74 Å². The molecule has 8 rings (SSSR count). The maximum absolute atomic E-state index is 6.28. The van der Waals surface area contributed by atoms with Gasteiger partial charge in [0.05, 0.1) is 26.1 Å². The zero-order valence-electron chi connectivity index (χ0n) is 33.1. The van der Waals surface area contributed by atoms with E-state index in [4.69, 9.17) is 51.4 Å². The van der Waals surface area contributed by atoms with E-state index in [-0.39, 0.29) is 45.4 Å². The van der Waals surface area contributed by atoms with Gasteiger partial charge in [-0.1, -0.05) is 168 Å². The second kappa shape index (κ2) is 20.7. The monoisotopic (exact) mass is 823 g/mol. The Bertz CT molecular complexity index is 2240. The molecule has 0 saturated carbocycles. The molecule has 279 valence electrons. The molecule has 0 aliphatic heterocycles. The van der Waals surface area contributed by atoms with E-state index < -0.39 is 0 Å². The van der Waals surface area contributed by atoms with Gasteiger partial charge in [0.25, 0.3) is 0 Å². The average molecular weight is 826 g/mol. The molecule has 0 bridgehead atoms. The van der Waals surface area contributed by atoms with Gasteiger partial charge in [0.15, 0.2) is 0 Å². The summed E-state index contributed by atoms with van der Waals surface area (Å²) in [4.78, 5) is 5.08. The summed E-state index contributed by atoms with van der Waals surface area (Å²) in [7, 11) is 0. The number of hydrogen-bond acceptors (Lipinski definition) is 2. The van der Waals surface area contributed by atoms with Crippen molar-refractivity contribution in [2.45, 2.75) is 69.5 Å². The first-order chi connectivity index (χ1) is 26.3. The molecular formula is C48H45BCl4N2Na. The van der Waals surface area contributed by atoms with Gasteiger partial charge in [-0.2, -0.15) is 0 Å². The van der Waals surface area contributed by atoms with E-state index in [1.165, 1.54) is 50.2 Å². The van der Waals surface area contributed by atoms with Gasteiger partial charge in [-0.3, -0.25) is 4.99 Å². The molecule has 0 aromatic heterocycles. The van der Waals surface area contributed by atoms with E-state index in [2.05, 4.69) is 134 Å². The van der Waals surface area contributed by atoms with Crippen molar-refractivity contribution in [3.63, 3.8) is 0 Å². The topological polar surface area (TPSA) is 24.4 Å². The second-order valence-electron chi connectivity index (χ2n) is 14.3. The Hall–Kier alpha value is -2.83. The van der Waals surface area contributed by atoms with Gasteiger partial charge in [-0.15, -0.1) is 0 Å². The fourth-order valence-corrected chi connectivity index (χ4v) is 8.68. The molecule has 0 unspecified atom stereocenters. The Morgan fingerprint density at radius 2 is 1.05 bits per heavy atom. The number of rotatable bonds is 7. The molecule has 5 atom stereocenters. The number of fused-ring (bicyclic) bond motifs is 2. The molecule has 2 aliphatic carbocycles. The van der Waals surface area contributed by atoms with Gasteiger partial charge in [0, 0.05) is 38.0 Å². The third-order valence-electron chi connectivity index (χ3n) is 10.9. The van der Waals surface area contributed by atoms with Crippen LogP contribution in [0.25, 0.3) is 0 Å². The second-order valence-corrected chi connectivity index (χ2v) is 15.9. The Balaban J connectivity index is 0.000000240. The van der Waals surface area contributed by atoms with E-state index in [1.807, 2.05) is 30.3 Å². The first kappa shape index (κ1) is 44.3. The molecule has 56 heavy (non-hydrogen) atoms. The fraction of sp³-hybridized carbons (Fsp3) is 0.229. The summed E-state index contributed by atoms with van der Waals surface area (Å²) in [5, 5.41) is 6.29. The van der Waals surface area contributed by atoms with Crippen molar-refractivity contribution in [3.05, 3.63) is 210 Å². The van der Waals surface area contributed by atoms with Gasteiger partial charge >= 0.3 is 29.6 Å². The fourth-order valence-electron chi connectivity index (χ4n) is 8.06. The Labute approximate surface area is 378 Å². The summed E-state index contributed by atoms with van der Waals surface area (Å²) >= 11 is 24.8. The summed E-state index contributed by atoms with van der Waals surface area (Å²) in [6.45, 7) is 4.40. The van der Waals surface area contributed by atoms with Crippen LogP contribution < -0.4 is 34.9 Å². The van der Waals surface area contributed by atoms with Gasteiger partial charge in [-0.05, 0) is 108 Å². The van der Waals surface area contributed by atoms with E-state index in [9.17, 15) is 0 Å². The average Bonchev–Trinajstić information content (AvgIpc) is 3.21. The summed E-state index contributed by atoms with van der Waals surface area (Å²) < 4.78 is 0. The molecular weight excluding hydrogens is 780 g/mol. The number of aliphatic imine (C=N–C) groups is 1. The molecule has 2 aliphatic rings. The minimum absolute atomic E-state index is 0. The SMILES string of the molecule is C[C@@H](N=C1CC[C@@H](c2ccc(Cl)c(Cl)c2)c2ccccc21)c1ccccc1.C[C@@H](N[C@@H]1CC[C@@H](c2ccc(Cl)c(Cl)c2)c2ccccc21)c1ccccc1.[B].[H-].[Na+]. The van der Waals surface area contributed by atoms with Crippen LogP contribution in [0.15, 0.2) is 151 Å². The summed E-state index contributed by atoms with van der Waals surface area (Å²) in [5.41, 5.74) is 11.6. The van der Waals surface area contributed by atoms with Crippen molar-refractivity contribution in [3.8, 4) is 0 Å². The first-order valence-electron chi connectivity index (χ1n) is 18.8. The van der Waals surface area contributed by atoms with Crippen molar-refractivity contribution in [1.82, 2.24) is 5.32 Å². The molecule has 1 N–H and O–H groups in total. The molecule has 2 nitrogen and oxygen atoms in total. The smallest absolute Gasteiger partial charge is 1.00 e. The van der Waals surface area contributed by atoms with Crippen LogP contribution in [0.3, 0.4) is 0 Å². The maximum atomic E-state index is 6.28. The van der Waals surface area contributed by atoms with Crippen LogP contribution in [0.5, 0.6) is 0 Å². The molecule has 3 radical (unpaired) electrons.